The molecule has 0 radical (unpaired) electrons. The Hall–Kier alpha value is -2.09. The molecule has 4 rings (SSSR count). The van der Waals surface area contributed by atoms with E-state index in [0.717, 1.165) is 42.8 Å². The third kappa shape index (κ3) is 2.76. The molecule has 1 spiro atoms. The van der Waals surface area contributed by atoms with Gasteiger partial charge in [0.1, 0.15) is 6.10 Å². The van der Waals surface area contributed by atoms with Gasteiger partial charge in [-0.25, -0.2) is 0 Å². The molecule has 0 aromatic heterocycles. The molecule has 2 aliphatic carbocycles. The van der Waals surface area contributed by atoms with Gasteiger partial charge in [-0.3, -0.25) is 4.79 Å². The van der Waals surface area contributed by atoms with Crippen LogP contribution in [0.25, 0.3) is 5.70 Å². The Balaban J connectivity index is 1.73. The molecular weight excluding hydrogens is 326 g/mol. The van der Waals surface area contributed by atoms with Crippen molar-refractivity contribution in [2.75, 3.05) is 19.7 Å². The maximum Gasteiger partial charge on any atom is 0.177 e. The number of hydrogen-bond acceptors (Lipinski definition) is 4. The van der Waals surface area contributed by atoms with Crippen LogP contribution in [0.3, 0.4) is 0 Å². The number of benzene rings is 1. The van der Waals surface area contributed by atoms with Crippen LogP contribution < -0.4 is 0 Å². The van der Waals surface area contributed by atoms with Crippen LogP contribution in [0.5, 0.6) is 0 Å². The molecule has 2 fully saturated rings. The number of allylic oxidation sites excluding steroid dienone is 1. The molecule has 1 saturated carbocycles. The maximum atomic E-state index is 12.6. The van der Waals surface area contributed by atoms with E-state index in [-0.39, 0.29) is 12.4 Å². The number of piperidine rings is 1. The topological polar surface area (TPSA) is 60.8 Å². The number of fused-ring (bicyclic) bond motifs is 1. The van der Waals surface area contributed by atoms with Crippen LogP contribution in [0.2, 0.25) is 0 Å². The van der Waals surface area contributed by atoms with Crippen LogP contribution in [0, 0.1) is 17.8 Å². The van der Waals surface area contributed by atoms with E-state index in [9.17, 15) is 15.0 Å². The van der Waals surface area contributed by atoms with Gasteiger partial charge in [0.2, 0.25) is 0 Å². The van der Waals surface area contributed by atoms with Crippen molar-refractivity contribution < 1.29 is 15.0 Å². The highest BCUT2D eigenvalue weighted by Crippen LogP contribution is 2.50. The van der Waals surface area contributed by atoms with Gasteiger partial charge >= 0.3 is 0 Å². The molecular formula is C22H25NO3. The maximum absolute atomic E-state index is 12.6. The summed E-state index contributed by atoms with van der Waals surface area (Å²) in [6, 6.07) is 5.56. The van der Waals surface area contributed by atoms with E-state index in [0.29, 0.717) is 23.0 Å². The van der Waals surface area contributed by atoms with Gasteiger partial charge in [-0.2, -0.15) is 0 Å². The highest BCUT2D eigenvalue weighted by Gasteiger charge is 2.41. The summed E-state index contributed by atoms with van der Waals surface area (Å²) >= 11 is 0. The Kier molecular flexibility index (Phi) is 4.38. The smallest absolute Gasteiger partial charge is 0.177 e. The summed E-state index contributed by atoms with van der Waals surface area (Å²) in [4.78, 5) is 14.9. The zero-order chi connectivity index (χ0) is 18.3. The molecule has 26 heavy (non-hydrogen) atoms. The molecule has 1 atom stereocenters. The summed E-state index contributed by atoms with van der Waals surface area (Å²) < 4.78 is 0. The second kappa shape index (κ2) is 6.57. The van der Waals surface area contributed by atoms with Crippen molar-refractivity contribution in [3.8, 4) is 12.3 Å². The average Bonchev–Trinajstić information content (AvgIpc) is 2.64. The van der Waals surface area contributed by atoms with Gasteiger partial charge in [-0.15, -0.1) is 6.42 Å². The van der Waals surface area contributed by atoms with Crippen LogP contribution in [-0.4, -0.2) is 40.6 Å². The lowest BCUT2D eigenvalue weighted by molar-refractivity contribution is -0.114. The molecule has 4 heteroatoms. The Bertz CT molecular complexity index is 803. The summed E-state index contributed by atoms with van der Waals surface area (Å²) in [5.74, 6) is 2.62. The first-order valence-corrected chi connectivity index (χ1v) is 9.48. The fraction of sp³-hybridized carbons (Fsp3) is 0.500. The van der Waals surface area contributed by atoms with Crippen molar-refractivity contribution in [1.29, 1.82) is 0 Å². The Morgan fingerprint density at radius 1 is 1.23 bits per heavy atom. The minimum absolute atomic E-state index is 0.00520. The first-order valence-electron chi connectivity index (χ1n) is 9.48. The number of carbonyl (C=O) groups is 1. The van der Waals surface area contributed by atoms with Crippen LogP contribution in [0.1, 0.15) is 54.9 Å². The summed E-state index contributed by atoms with van der Waals surface area (Å²) in [7, 11) is 0. The van der Waals surface area contributed by atoms with E-state index in [1.54, 1.807) is 6.07 Å². The van der Waals surface area contributed by atoms with Gasteiger partial charge in [0.25, 0.3) is 0 Å². The second-order valence-electron chi connectivity index (χ2n) is 7.92. The van der Waals surface area contributed by atoms with Gasteiger partial charge in [-0.05, 0) is 48.3 Å². The minimum atomic E-state index is -0.923. The summed E-state index contributed by atoms with van der Waals surface area (Å²) in [6.45, 7) is 1.50. The molecule has 1 aliphatic heterocycles. The summed E-state index contributed by atoms with van der Waals surface area (Å²) in [5, 5.41) is 19.3. The molecule has 1 heterocycles. The number of rotatable bonds is 3. The third-order valence-corrected chi connectivity index (χ3v) is 6.51. The number of aliphatic hydroxyl groups excluding tert-OH is 2. The Labute approximate surface area is 154 Å². The van der Waals surface area contributed by atoms with E-state index in [1.165, 1.54) is 19.3 Å². The molecule has 1 unspecified atom stereocenters. The van der Waals surface area contributed by atoms with Crippen molar-refractivity contribution in [3.05, 3.63) is 40.5 Å². The molecule has 0 amide bonds. The monoisotopic (exact) mass is 351 g/mol. The normalized spacial score (nSPS) is 22.7. The van der Waals surface area contributed by atoms with Crippen LogP contribution in [0.4, 0.5) is 0 Å². The van der Waals surface area contributed by atoms with Gasteiger partial charge in [0.15, 0.2) is 5.78 Å². The predicted molar refractivity (Wildman–Crippen MR) is 100 cm³/mol. The number of aliphatic hydroxyl groups is 2. The highest BCUT2D eigenvalue weighted by molar-refractivity contribution is 6.10. The van der Waals surface area contributed by atoms with Crippen LogP contribution >= 0.6 is 0 Å². The second-order valence-corrected chi connectivity index (χ2v) is 7.92. The van der Waals surface area contributed by atoms with Crippen LogP contribution in [-0.2, 0) is 11.2 Å². The first-order chi connectivity index (χ1) is 12.6. The lowest BCUT2D eigenvalue weighted by Gasteiger charge is -2.49. The lowest BCUT2D eigenvalue weighted by Crippen LogP contribution is -2.43. The zero-order valence-electron chi connectivity index (χ0n) is 15.0. The molecule has 0 bridgehead atoms. The van der Waals surface area contributed by atoms with Gasteiger partial charge < -0.3 is 15.1 Å². The molecule has 1 saturated heterocycles. The van der Waals surface area contributed by atoms with E-state index < -0.39 is 6.10 Å². The third-order valence-electron chi connectivity index (χ3n) is 6.51. The van der Waals surface area contributed by atoms with Crippen molar-refractivity contribution in [2.45, 2.75) is 44.6 Å². The first kappa shape index (κ1) is 17.3. The highest BCUT2D eigenvalue weighted by atomic mass is 16.3. The van der Waals surface area contributed by atoms with Crippen molar-refractivity contribution in [1.82, 2.24) is 4.90 Å². The van der Waals surface area contributed by atoms with E-state index in [2.05, 4.69) is 10.8 Å². The largest absolute Gasteiger partial charge is 0.393 e. The molecule has 136 valence electrons. The number of hydrogen-bond donors (Lipinski definition) is 2. The van der Waals surface area contributed by atoms with E-state index >= 15 is 0 Å². The number of terminal acetylenes is 1. The number of ketones is 1. The number of likely N-dealkylation sites (tertiary alicyclic amines) is 1. The molecule has 1 aromatic rings. The molecule has 2 N–H and O–H groups in total. The predicted octanol–water partition coefficient (Wildman–Crippen LogP) is 2.45. The van der Waals surface area contributed by atoms with Gasteiger partial charge in [-0.1, -0.05) is 24.5 Å². The van der Waals surface area contributed by atoms with Gasteiger partial charge in [0.05, 0.1) is 17.9 Å². The summed E-state index contributed by atoms with van der Waals surface area (Å²) in [5.41, 5.74) is 4.36. The number of carbonyl (C=O) groups excluding carboxylic acids is 1. The molecule has 3 aliphatic rings. The zero-order valence-corrected chi connectivity index (χ0v) is 15.0. The lowest BCUT2D eigenvalue weighted by atomic mass is 9.63. The fourth-order valence-corrected chi connectivity index (χ4v) is 4.67. The van der Waals surface area contributed by atoms with E-state index in [1.807, 2.05) is 12.1 Å². The SMILES string of the molecule is C#CC1=C(N2CCC3(CCC3)CC2)c2cc(C(O)CO)ccc2CC1=O. The van der Waals surface area contributed by atoms with Crippen LogP contribution in [0.15, 0.2) is 23.8 Å². The quantitative estimate of drug-likeness (QED) is 0.821. The number of Topliss-reactive ketones (excluding diaryl/α,β-unsaturated/α-hetero) is 1. The van der Waals surface area contributed by atoms with Gasteiger partial charge in [0, 0.05) is 25.1 Å². The summed E-state index contributed by atoms with van der Waals surface area (Å²) in [6.07, 6.45) is 11.4. The standard InChI is InChI=1S/C22H25NO3/c1-2-17-19(25)13-15-4-5-16(20(26)14-24)12-18(15)21(17)23-10-8-22(9-11-23)6-3-7-22/h1,4-5,12,20,24,26H,3,6-11,13-14H2. The van der Waals surface area contributed by atoms with Crippen molar-refractivity contribution in [2.24, 2.45) is 5.41 Å². The molecule has 4 nitrogen and oxygen atoms in total. The van der Waals surface area contributed by atoms with E-state index in [4.69, 9.17) is 6.42 Å². The Morgan fingerprint density at radius 3 is 2.54 bits per heavy atom. The Morgan fingerprint density at radius 2 is 1.96 bits per heavy atom. The average molecular weight is 351 g/mol. The van der Waals surface area contributed by atoms with Crippen molar-refractivity contribution in [3.63, 3.8) is 0 Å². The van der Waals surface area contributed by atoms with Crippen molar-refractivity contribution >= 4 is 11.5 Å². The fourth-order valence-electron chi connectivity index (χ4n) is 4.67. The molecule has 1 aromatic carbocycles. The minimum Gasteiger partial charge on any atom is -0.393 e. The number of nitrogens with zero attached hydrogens (tertiary/aromatic N) is 1.